The quantitative estimate of drug-likeness (QED) is 0.784. The number of carbonyl (C=O) groups excluding carboxylic acids is 1. The summed E-state index contributed by atoms with van der Waals surface area (Å²) in [5.41, 5.74) is 1.06. The van der Waals surface area contributed by atoms with Crippen LogP contribution in [-0.2, 0) is 17.6 Å². The number of thiazole rings is 1. The average molecular weight is 226 g/mol. The molecule has 82 valence electrons. The monoisotopic (exact) mass is 226 g/mol. The van der Waals surface area contributed by atoms with Crippen LogP contribution in [0, 0.1) is 0 Å². The van der Waals surface area contributed by atoms with Gasteiger partial charge in [0.15, 0.2) is 0 Å². The lowest BCUT2D eigenvalue weighted by Crippen LogP contribution is -2.38. The number of fused-ring (bicyclic) bond motifs is 1. The smallest absolute Gasteiger partial charge is 0.304 e. The van der Waals surface area contributed by atoms with Gasteiger partial charge in [-0.25, -0.2) is 0 Å². The number of aromatic amines is 1. The summed E-state index contributed by atoms with van der Waals surface area (Å²) < 4.78 is 0. The van der Waals surface area contributed by atoms with Crippen LogP contribution in [0.15, 0.2) is 4.79 Å². The van der Waals surface area contributed by atoms with E-state index in [4.69, 9.17) is 0 Å². The van der Waals surface area contributed by atoms with Crippen LogP contribution < -0.4 is 10.2 Å². The SMILES string of the molecule is CCC(=O)NC1CCc2[nH]c(=O)sc2C1. The van der Waals surface area contributed by atoms with Crippen molar-refractivity contribution in [1.82, 2.24) is 10.3 Å². The van der Waals surface area contributed by atoms with E-state index in [0.717, 1.165) is 29.8 Å². The molecule has 0 spiro atoms. The van der Waals surface area contributed by atoms with E-state index >= 15 is 0 Å². The first-order valence-electron chi connectivity index (χ1n) is 5.19. The van der Waals surface area contributed by atoms with E-state index in [0.29, 0.717) is 6.42 Å². The highest BCUT2D eigenvalue weighted by Gasteiger charge is 2.21. The van der Waals surface area contributed by atoms with Crippen molar-refractivity contribution in [2.45, 2.75) is 38.6 Å². The van der Waals surface area contributed by atoms with Gasteiger partial charge in [0, 0.05) is 29.5 Å². The first-order valence-corrected chi connectivity index (χ1v) is 6.01. The van der Waals surface area contributed by atoms with Crippen molar-refractivity contribution in [3.05, 3.63) is 20.2 Å². The number of H-pyrrole nitrogens is 1. The first-order chi connectivity index (χ1) is 7.19. The summed E-state index contributed by atoms with van der Waals surface area (Å²) >= 11 is 1.27. The van der Waals surface area contributed by atoms with Crippen molar-refractivity contribution < 1.29 is 4.79 Å². The van der Waals surface area contributed by atoms with Gasteiger partial charge in [0.05, 0.1) is 0 Å². The number of hydrogen-bond acceptors (Lipinski definition) is 3. The summed E-state index contributed by atoms with van der Waals surface area (Å²) in [6, 6.07) is 0.205. The van der Waals surface area contributed by atoms with Crippen LogP contribution in [0.4, 0.5) is 0 Å². The predicted octanol–water partition coefficient (Wildman–Crippen LogP) is 0.820. The molecule has 5 heteroatoms. The zero-order valence-electron chi connectivity index (χ0n) is 8.63. The second kappa shape index (κ2) is 4.18. The third-order valence-electron chi connectivity index (χ3n) is 2.67. The van der Waals surface area contributed by atoms with Crippen LogP contribution in [0.2, 0.25) is 0 Å². The Morgan fingerprint density at radius 3 is 3.20 bits per heavy atom. The molecule has 15 heavy (non-hydrogen) atoms. The fraction of sp³-hybridized carbons (Fsp3) is 0.600. The van der Waals surface area contributed by atoms with Crippen molar-refractivity contribution in [1.29, 1.82) is 0 Å². The van der Waals surface area contributed by atoms with Gasteiger partial charge in [-0.05, 0) is 12.8 Å². The molecule has 1 aromatic heterocycles. The van der Waals surface area contributed by atoms with Crippen LogP contribution in [-0.4, -0.2) is 16.9 Å². The number of carbonyl (C=O) groups is 1. The first kappa shape index (κ1) is 10.4. The lowest BCUT2D eigenvalue weighted by atomic mass is 9.97. The van der Waals surface area contributed by atoms with E-state index in [9.17, 15) is 9.59 Å². The molecule has 0 radical (unpaired) electrons. The van der Waals surface area contributed by atoms with E-state index < -0.39 is 0 Å². The van der Waals surface area contributed by atoms with E-state index in [1.54, 1.807) is 0 Å². The maximum absolute atomic E-state index is 11.2. The molecule has 1 atom stereocenters. The molecule has 0 saturated carbocycles. The van der Waals surface area contributed by atoms with Gasteiger partial charge in [0.1, 0.15) is 0 Å². The Morgan fingerprint density at radius 1 is 1.67 bits per heavy atom. The summed E-state index contributed by atoms with van der Waals surface area (Å²) in [6.07, 6.45) is 3.10. The minimum atomic E-state index is 0.0162. The Morgan fingerprint density at radius 2 is 2.47 bits per heavy atom. The molecule has 1 unspecified atom stereocenters. The molecule has 1 aromatic rings. The Balaban J connectivity index is 2.05. The Kier molecular flexibility index (Phi) is 2.90. The van der Waals surface area contributed by atoms with Crippen molar-refractivity contribution in [2.24, 2.45) is 0 Å². The van der Waals surface area contributed by atoms with Crippen molar-refractivity contribution in [2.75, 3.05) is 0 Å². The largest absolute Gasteiger partial charge is 0.353 e. The van der Waals surface area contributed by atoms with E-state index in [-0.39, 0.29) is 16.8 Å². The lowest BCUT2D eigenvalue weighted by Gasteiger charge is -2.22. The minimum absolute atomic E-state index is 0.0162. The summed E-state index contributed by atoms with van der Waals surface area (Å²) in [7, 11) is 0. The van der Waals surface area contributed by atoms with Gasteiger partial charge >= 0.3 is 4.87 Å². The molecular weight excluding hydrogens is 212 g/mol. The molecule has 0 aliphatic heterocycles. The molecule has 0 aromatic carbocycles. The van der Waals surface area contributed by atoms with Gasteiger partial charge in [-0.15, -0.1) is 0 Å². The highest BCUT2D eigenvalue weighted by Crippen LogP contribution is 2.21. The fourth-order valence-electron chi connectivity index (χ4n) is 1.86. The summed E-state index contributed by atoms with van der Waals surface area (Å²) in [5.74, 6) is 0.0892. The van der Waals surface area contributed by atoms with Crippen LogP contribution in [0.25, 0.3) is 0 Å². The van der Waals surface area contributed by atoms with Gasteiger partial charge in [-0.1, -0.05) is 18.3 Å². The van der Waals surface area contributed by atoms with Gasteiger partial charge < -0.3 is 10.3 Å². The third kappa shape index (κ3) is 2.28. The second-order valence-electron chi connectivity index (χ2n) is 3.78. The number of amides is 1. The molecule has 0 saturated heterocycles. The highest BCUT2D eigenvalue weighted by molar-refractivity contribution is 7.09. The molecule has 2 rings (SSSR count). The molecule has 4 nitrogen and oxygen atoms in total. The number of aromatic nitrogens is 1. The van der Waals surface area contributed by atoms with Crippen LogP contribution in [0.3, 0.4) is 0 Å². The Labute approximate surface area is 91.7 Å². The van der Waals surface area contributed by atoms with Gasteiger partial charge in [0.2, 0.25) is 5.91 Å². The highest BCUT2D eigenvalue weighted by atomic mass is 32.1. The third-order valence-corrected chi connectivity index (χ3v) is 3.61. The van der Waals surface area contributed by atoms with Crippen molar-refractivity contribution >= 4 is 17.2 Å². The molecule has 1 heterocycles. The van der Waals surface area contributed by atoms with Gasteiger partial charge in [0.25, 0.3) is 0 Å². The molecule has 1 aliphatic rings. The number of rotatable bonds is 2. The summed E-state index contributed by atoms with van der Waals surface area (Å²) in [4.78, 5) is 26.3. The maximum atomic E-state index is 11.2. The average Bonchev–Trinajstić information content (AvgIpc) is 2.57. The maximum Gasteiger partial charge on any atom is 0.304 e. The summed E-state index contributed by atoms with van der Waals surface area (Å²) in [6.45, 7) is 1.85. The predicted molar refractivity (Wildman–Crippen MR) is 59.2 cm³/mol. The Hall–Kier alpha value is -1.10. The van der Waals surface area contributed by atoms with Crippen LogP contribution >= 0.6 is 11.3 Å². The van der Waals surface area contributed by atoms with E-state index in [1.807, 2.05) is 6.92 Å². The second-order valence-corrected chi connectivity index (χ2v) is 4.84. The molecule has 0 fully saturated rings. The molecule has 1 amide bonds. The van der Waals surface area contributed by atoms with Gasteiger partial charge in [-0.2, -0.15) is 0 Å². The van der Waals surface area contributed by atoms with Crippen LogP contribution in [0.5, 0.6) is 0 Å². The van der Waals surface area contributed by atoms with E-state index in [2.05, 4.69) is 10.3 Å². The van der Waals surface area contributed by atoms with Crippen LogP contribution in [0.1, 0.15) is 30.3 Å². The molecule has 0 bridgehead atoms. The lowest BCUT2D eigenvalue weighted by molar-refractivity contribution is -0.121. The summed E-state index contributed by atoms with van der Waals surface area (Å²) in [5, 5.41) is 2.97. The topological polar surface area (TPSA) is 62.0 Å². The standard InChI is InChI=1S/C10H14N2O2S/c1-2-9(13)11-6-3-4-7-8(5-6)15-10(14)12-7/h6H,2-5H2,1H3,(H,11,13)(H,12,14). The number of aryl methyl sites for hydroxylation is 1. The number of hydrogen-bond donors (Lipinski definition) is 2. The van der Waals surface area contributed by atoms with Crippen molar-refractivity contribution in [3.8, 4) is 0 Å². The molecule has 1 aliphatic carbocycles. The zero-order valence-corrected chi connectivity index (χ0v) is 9.45. The zero-order chi connectivity index (χ0) is 10.8. The van der Waals surface area contributed by atoms with Gasteiger partial charge in [-0.3, -0.25) is 9.59 Å². The molecule has 2 N–H and O–H groups in total. The normalized spacial score (nSPS) is 19.7. The Bertz CT molecular complexity index is 421. The van der Waals surface area contributed by atoms with Crippen molar-refractivity contribution in [3.63, 3.8) is 0 Å². The number of nitrogens with one attached hydrogen (secondary N) is 2. The molecular formula is C10H14N2O2S. The van der Waals surface area contributed by atoms with E-state index in [1.165, 1.54) is 11.3 Å². The fourth-order valence-corrected chi connectivity index (χ4v) is 2.81. The minimum Gasteiger partial charge on any atom is -0.353 e.